The van der Waals surface area contributed by atoms with Crippen molar-refractivity contribution >= 4 is 27.9 Å². The number of nitrogens with zero attached hydrogens (tertiary/aromatic N) is 1. The number of imide groups is 1. The molecule has 0 saturated heterocycles. The van der Waals surface area contributed by atoms with Gasteiger partial charge in [0.05, 0.1) is 6.04 Å². The highest BCUT2D eigenvalue weighted by atomic mass is 79.9. The summed E-state index contributed by atoms with van der Waals surface area (Å²) in [5.41, 5.74) is 0.474. The third kappa shape index (κ3) is 4.57. The van der Waals surface area contributed by atoms with Gasteiger partial charge in [-0.2, -0.15) is 0 Å². The van der Waals surface area contributed by atoms with Crippen molar-refractivity contribution in [3.05, 3.63) is 34.1 Å². The lowest BCUT2D eigenvalue weighted by Gasteiger charge is -2.23. The molecule has 20 heavy (non-hydrogen) atoms. The van der Waals surface area contributed by atoms with Gasteiger partial charge >= 0.3 is 6.03 Å². The lowest BCUT2D eigenvalue weighted by molar-refractivity contribution is -0.124. The van der Waals surface area contributed by atoms with Gasteiger partial charge in [-0.1, -0.05) is 15.9 Å². The Morgan fingerprint density at radius 2 is 2.10 bits per heavy atom. The van der Waals surface area contributed by atoms with Crippen LogP contribution in [0.5, 0.6) is 0 Å². The van der Waals surface area contributed by atoms with Gasteiger partial charge in [-0.25, -0.2) is 9.18 Å². The molecule has 0 aliphatic rings. The smallest absolute Gasteiger partial charge is 0.321 e. The predicted molar refractivity (Wildman–Crippen MR) is 77.6 cm³/mol. The van der Waals surface area contributed by atoms with Gasteiger partial charge in [0.25, 0.3) is 0 Å². The van der Waals surface area contributed by atoms with Crippen LogP contribution < -0.4 is 10.6 Å². The topological polar surface area (TPSA) is 61.4 Å². The fraction of sp³-hybridized carbons (Fsp3) is 0.385. The maximum atomic E-state index is 13.6. The third-order valence-electron chi connectivity index (χ3n) is 2.93. The molecule has 7 heteroatoms. The molecule has 0 aliphatic heterocycles. The van der Waals surface area contributed by atoms with Crippen LogP contribution in [0.3, 0.4) is 0 Å². The number of halogens is 2. The second-order valence-corrected chi connectivity index (χ2v) is 5.31. The van der Waals surface area contributed by atoms with Crippen LogP contribution in [0.25, 0.3) is 0 Å². The van der Waals surface area contributed by atoms with Gasteiger partial charge in [0.1, 0.15) is 5.82 Å². The van der Waals surface area contributed by atoms with Crippen molar-refractivity contribution in [2.75, 3.05) is 14.1 Å². The summed E-state index contributed by atoms with van der Waals surface area (Å²) in [6.45, 7) is 1.90. The van der Waals surface area contributed by atoms with Crippen LogP contribution in [0.2, 0.25) is 0 Å². The molecule has 110 valence electrons. The molecule has 0 aromatic heterocycles. The second-order valence-electron chi connectivity index (χ2n) is 4.40. The highest BCUT2D eigenvalue weighted by Crippen LogP contribution is 2.17. The van der Waals surface area contributed by atoms with E-state index in [9.17, 15) is 14.0 Å². The van der Waals surface area contributed by atoms with Crippen molar-refractivity contribution < 1.29 is 14.0 Å². The monoisotopic (exact) mass is 345 g/mol. The van der Waals surface area contributed by atoms with Crippen LogP contribution in [0.4, 0.5) is 9.18 Å². The van der Waals surface area contributed by atoms with E-state index in [0.29, 0.717) is 5.56 Å². The molecule has 0 radical (unpaired) electrons. The van der Waals surface area contributed by atoms with Gasteiger partial charge in [-0.15, -0.1) is 0 Å². The van der Waals surface area contributed by atoms with Gasteiger partial charge in [0, 0.05) is 23.6 Å². The fourth-order valence-electron chi connectivity index (χ4n) is 1.55. The number of rotatable bonds is 4. The van der Waals surface area contributed by atoms with E-state index in [-0.39, 0.29) is 12.4 Å². The first-order chi connectivity index (χ1) is 9.35. The number of amides is 3. The zero-order chi connectivity index (χ0) is 15.3. The summed E-state index contributed by atoms with van der Waals surface area (Å²) in [6, 6.07) is 3.51. The van der Waals surface area contributed by atoms with Gasteiger partial charge < -0.3 is 5.32 Å². The Balaban J connectivity index is 2.70. The zero-order valence-corrected chi connectivity index (χ0v) is 13.1. The largest absolute Gasteiger partial charge is 0.341 e. The molecule has 0 aliphatic carbocycles. The first-order valence-corrected chi connectivity index (χ1v) is 6.81. The van der Waals surface area contributed by atoms with Crippen molar-refractivity contribution in [2.45, 2.75) is 19.5 Å². The Labute approximate surface area is 125 Å². The standard InChI is InChI=1S/C13H17BrFN3O2/c1-8(12(19)17-13(20)16-2)18(3)7-9-6-10(14)4-5-11(9)15/h4-6,8H,7H2,1-3H3,(H2,16,17,19,20)/t8-/m1/s1. The summed E-state index contributed by atoms with van der Waals surface area (Å²) in [4.78, 5) is 24.5. The maximum Gasteiger partial charge on any atom is 0.321 e. The van der Waals surface area contributed by atoms with Gasteiger partial charge in [0.2, 0.25) is 5.91 Å². The molecule has 3 amide bonds. The molecule has 1 rings (SSSR count). The molecule has 0 heterocycles. The first kappa shape index (κ1) is 16.6. The number of carbonyl (C=O) groups is 2. The summed E-state index contributed by atoms with van der Waals surface area (Å²) in [7, 11) is 3.11. The van der Waals surface area contributed by atoms with E-state index in [1.807, 2.05) is 0 Å². The van der Waals surface area contributed by atoms with Crippen LogP contribution in [-0.4, -0.2) is 37.0 Å². The predicted octanol–water partition coefficient (Wildman–Crippen LogP) is 1.86. The summed E-state index contributed by atoms with van der Waals surface area (Å²) >= 11 is 3.28. The van der Waals surface area contributed by atoms with Crippen LogP contribution in [0.1, 0.15) is 12.5 Å². The summed E-state index contributed by atoms with van der Waals surface area (Å²) < 4.78 is 14.4. The van der Waals surface area contributed by atoms with Gasteiger partial charge in [0.15, 0.2) is 0 Å². The minimum absolute atomic E-state index is 0.258. The average Bonchev–Trinajstić information content (AvgIpc) is 2.41. The van der Waals surface area contributed by atoms with E-state index in [4.69, 9.17) is 0 Å². The minimum Gasteiger partial charge on any atom is -0.341 e. The Morgan fingerprint density at radius 1 is 1.45 bits per heavy atom. The molecule has 0 spiro atoms. The summed E-state index contributed by atoms with van der Waals surface area (Å²) in [5.74, 6) is -0.777. The molecule has 0 unspecified atom stereocenters. The number of likely N-dealkylation sites (N-methyl/N-ethyl adjacent to an activating group) is 1. The average molecular weight is 346 g/mol. The highest BCUT2D eigenvalue weighted by molar-refractivity contribution is 9.10. The van der Waals surface area contributed by atoms with E-state index in [2.05, 4.69) is 26.6 Å². The van der Waals surface area contributed by atoms with E-state index in [0.717, 1.165) is 4.47 Å². The summed E-state index contributed by atoms with van der Waals surface area (Å²) in [6.07, 6.45) is 0. The molecule has 1 aromatic carbocycles. The normalized spacial score (nSPS) is 12.1. The second kappa shape index (κ2) is 7.35. The number of urea groups is 1. The SMILES string of the molecule is CNC(=O)NC(=O)[C@@H](C)N(C)Cc1cc(Br)ccc1F. The van der Waals surface area contributed by atoms with Crippen molar-refractivity contribution in [2.24, 2.45) is 0 Å². The number of carbonyl (C=O) groups excluding carboxylic acids is 2. The van der Waals surface area contributed by atoms with Crippen LogP contribution >= 0.6 is 15.9 Å². The van der Waals surface area contributed by atoms with Gasteiger partial charge in [-0.05, 0) is 32.2 Å². The zero-order valence-electron chi connectivity index (χ0n) is 11.5. The van der Waals surface area contributed by atoms with Crippen LogP contribution in [-0.2, 0) is 11.3 Å². The number of benzene rings is 1. The Kier molecular flexibility index (Phi) is 6.09. The quantitative estimate of drug-likeness (QED) is 0.875. The maximum absolute atomic E-state index is 13.6. The Bertz CT molecular complexity index is 510. The molecule has 0 fully saturated rings. The minimum atomic E-state index is -0.566. The molecular weight excluding hydrogens is 329 g/mol. The van der Waals surface area contributed by atoms with Crippen molar-refractivity contribution in [1.29, 1.82) is 0 Å². The molecule has 1 aromatic rings. The molecule has 1 atom stereocenters. The number of hydrogen-bond acceptors (Lipinski definition) is 3. The Morgan fingerprint density at radius 3 is 2.70 bits per heavy atom. The van der Waals surface area contributed by atoms with Crippen molar-refractivity contribution in [1.82, 2.24) is 15.5 Å². The van der Waals surface area contributed by atoms with Crippen LogP contribution in [0.15, 0.2) is 22.7 Å². The lowest BCUT2D eigenvalue weighted by atomic mass is 10.1. The van der Waals surface area contributed by atoms with E-state index in [1.54, 1.807) is 31.0 Å². The molecule has 0 bridgehead atoms. The first-order valence-electron chi connectivity index (χ1n) is 6.02. The van der Waals surface area contributed by atoms with E-state index in [1.165, 1.54) is 13.1 Å². The highest BCUT2D eigenvalue weighted by Gasteiger charge is 2.20. The molecular formula is C13H17BrFN3O2. The van der Waals surface area contributed by atoms with E-state index >= 15 is 0 Å². The van der Waals surface area contributed by atoms with E-state index < -0.39 is 18.0 Å². The molecule has 0 saturated carbocycles. The van der Waals surface area contributed by atoms with Crippen molar-refractivity contribution in [3.63, 3.8) is 0 Å². The number of nitrogens with one attached hydrogen (secondary N) is 2. The third-order valence-corrected chi connectivity index (χ3v) is 3.43. The molecule has 2 N–H and O–H groups in total. The number of hydrogen-bond donors (Lipinski definition) is 2. The summed E-state index contributed by atoms with van der Waals surface area (Å²) in [5, 5.41) is 4.49. The Hall–Kier alpha value is -1.47. The van der Waals surface area contributed by atoms with Crippen LogP contribution in [0, 0.1) is 5.82 Å². The lowest BCUT2D eigenvalue weighted by Crippen LogP contribution is -2.47. The fourth-order valence-corrected chi connectivity index (χ4v) is 1.96. The molecule has 5 nitrogen and oxygen atoms in total. The van der Waals surface area contributed by atoms with Crippen molar-refractivity contribution in [3.8, 4) is 0 Å². The van der Waals surface area contributed by atoms with Gasteiger partial charge in [-0.3, -0.25) is 15.0 Å².